The van der Waals surface area contributed by atoms with Crippen LogP contribution in [0.15, 0.2) is 102 Å². The zero-order chi connectivity index (χ0) is 24.0. The molecule has 2 heterocycles. The summed E-state index contributed by atoms with van der Waals surface area (Å²) in [5.41, 5.74) is 3.99. The van der Waals surface area contributed by atoms with Crippen molar-refractivity contribution in [2.24, 2.45) is 0 Å². The SMILES string of the molecule is O=C(C(=Cc1ccc(F)cc1)c1cccs1)N1CCN(C(c2ccccc2)c2ccccc2)CC1. The van der Waals surface area contributed by atoms with E-state index in [1.807, 2.05) is 40.6 Å². The number of halogens is 1. The molecule has 5 heteroatoms. The van der Waals surface area contributed by atoms with E-state index in [9.17, 15) is 9.18 Å². The number of hydrogen-bond acceptors (Lipinski definition) is 3. The van der Waals surface area contributed by atoms with Crippen LogP contribution in [0.4, 0.5) is 4.39 Å². The van der Waals surface area contributed by atoms with Gasteiger partial charge >= 0.3 is 0 Å². The van der Waals surface area contributed by atoms with Crippen LogP contribution in [0.3, 0.4) is 0 Å². The fourth-order valence-electron chi connectivity index (χ4n) is 4.63. The van der Waals surface area contributed by atoms with Crippen LogP contribution in [0.5, 0.6) is 0 Å². The summed E-state index contributed by atoms with van der Waals surface area (Å²) in [4.78, 5) is 19.0. The second-order valence-electron chi connectivity index (χ2n) is 8.64. The summed E-state index contributed by atoms with van der Waals surface area (Å²) in [5.74, 6) is -0.263. The van der Waals surface area contributed by atoms with Crippen molar-refractivity contribution in [3.8, 4) is 0 Å². The number of amides is 1. The maximum atomic E-state index is 13.7. The standard InChI is InChI=1S/C30H27FN2OS/c31-26-15-13-23(14-16-26)22-27(28-12-7-21-35-28)30(34)33-19-17-32(18-20-33)29(24-8-3-1-4-9-24)25-10-5-2-6-11-25/h1-16,21-22,29H,17-20H2. The van der Waals surface area contributed by atoms with E-state index in [4.69, 9.17) is 0 Å². The highest BCUT2D eigenvalue weighted by atomic mass is 32.1. The normalized spacial score (nSPS) is 14.9. The Kier molecular flexibility index (Phi) is 7.17. The number of hydrogen-bond donors (Lipinski definition) is 0. The molecule has 1 aliphatic heterocycles. The molecule has 1 fully saturated rings. The van der Waals surface area contributed by atoms with Gasteiger partial charge in [-0.15, -0.1) is 11.3 Å². The van der Waals surface area contributed by atoms with E-state index in [0.717, 1.165) is 23.5 Å². The van der Waals surface area contributed by atoms with E-state index in [0.29, 0.717) is 18.7 Å². The lowest BCUT2D eigenvalue weighted by Gasteiger charge is -2.40. The Morgan fingerprint density at radius 1 is 0.771 bits per heavy atom. The molecule has 1 amide bonds. The summed E-state index contributed by atoms with van der Waals surface area (Å²) in [6.45, 7) is 2.88. The monoisotopic (exact) mass is 482 g/mol. The van der Waals surface area contributed by atoms with Crippen LogP contribution in [0.2, 0.25) is 0 Å². The minimum absolute atomic E-state index is 0.0207. The Morgan fingerprint density at radius 3 is 1.91 bits per heavy atom. The molecule has 3 nitrogen and oxygen atoms in total. The fraction of sp³-hybridized carbons (Fsp3) is 0.167. The number of carbonyl (C=O) groups excluding carboxylic acids is 1. The Bertz CT molecular complexity index is 1220. The summed E-state index contributed by atoms with van der Waals surface area (Å²) in [7, 11) is 0. The highest BCUT2D eigenvalue weighted by molar-refractivity contribution is 7.11. The average molecular weight is 483 g/mol. The molecule has 4 aromatic rings. The predicted octanol–water partition coefficient (Wildman–Crippen LogP) is 6.36. The number of nitrogens with zero attached hydrogens (tertiary/aromatic N) is 2. The van der Waals surface area contributed by atoms with Crippen LogP contribution in [0, 0.1) is 5.82 Å². The molecule has 3 aromatic carbocycles. The average Bonchev–Trinajstić information content (AvgIpc) is 3.45. The summed E-state index contributed by atoms with van der Waals surface area (Å²) in [5, 5.41) is 1.98. The van der Waals surface area contributed by atoms with Gasteiger partial charge in [0.25, 0.3) is 5.91 Å². The molecule has 0 unspecified atom stereocenters. The van der Waals surface area contributed by atoms with Crippen LogP contribution in [-0.4, -0.2) is 41.9 Å². The van der Waals surface area contributed by atoms with Gasteiger partial charge in [-0.25, -0.2) is 4.39 Å². The third kappa shape index (κ3) is 5.42. The summed E-state index contributed by atoms with van der Waals surface area (Å²) in [6, 6.07) is 31.5. The van der Waals surface area contributed by atoms with Crippen LogP contribution < -0.4 is 0 Å². The third-order valence-corrected chi connectivity index (χ3v) is 7.30. The maximum Gasteiger partial charge on any atom is 0.255 e. The van der Waals surface area contributed by atoms with Crippen molar-refractivity contribution in [2.75, 3.05) is 26.2 Å². The molecular formula is C30H27FN2OS. The Hall–Kier alpha value is -3.54. The number of rotatable bonds is 6. The van der Waals surface area contributed by atoms with Crippen molar-refractivity contribution in [1.82, 2.24) is 9.80 Å². The minimum atomic E-state index is -0.284. The quantitative estimate of drug-likeness (QED) is 0.299. The van der Waals surface area contributed by atoms with Crippen LogP contribution in [0.1, 0.15) is 27.6 Å². The van der Waals surface area contributed by atoms with E-state index in [-0.39, 0.29) is 17.8 Å². The molecule has 1 saturated heterocycles. The van der Waals surface area contributed by atoms with Crippen LogP contribution in [0.25, 0.3) is 11.6 Å². The van der Waals surface area contributed by atoms with Gasteiger partial charge in [0, 0.05) is 31.1 Å². The van der Waals surface area contributed by atoms with E-state index in [2.05, 4.69) is 53.4 Å². The first-order valence-corrected chi connectivity index (χ1v) is 12.7. The third-order valence-electron chi connectivity index (χ3n) is 6.40. The first kappa shape index (κ1) is 23.2. The maximum absolute atomic E-state index is 13.7. The molecule has 0 bridgehead atoms. The lowest BCUT2D eigenvalue weighted by Crippen LogP contribution is -2.50. The molecule has 0 aliphatic carbocycles. The van der Waals surface area contributed by atoms with E-state index in [1.165, 1.54) is 23.3 Å². The molecule has 1 aliphatic rings. The van der Waals surface area contributed by atoms with Gasteiger partial charge in [0.2, 0.25) is 0 Å². The van der Waals surface area contributed by atoms with Crippen molar-refractivity contribution >= 4 is 28.9 Å². The first-order valence-electron chi connectivity index (χ1n) is 11.8. The van der Waals surface area contributed by atoms with Gasteiger partial charge in [-0.3, -0.25) is 9.69 Å². The summed E-state index contributed by atoms with van der Waals surface area (Å²) >= 11 is 1.55. The predicted molar refractivity (Wildman–Crippen MR) is 141 cm³/mol. The zero-order valence-corrected chi connectivity index (χ0v) is 20.2. The Morgan fingerprint density at radius 2 is 1.37 bits per heavy atom. The van der Waals surface area contributed by atoms with E-state index >= 15 is 0 Å². The zero-order valence-electron chi connectivity index (χ0n) is 19.4. The lowest BCUT2D eigenvalue weighted by molar-refractivity contribution is -0.126. The molecule has 0 N–H and O–H groups in total. The number of carbonyl (C=O) groups is 1. The summed E-state index contributed by atoms with van der Waals surface area (Å²) in [6.07, 6.45) is 1.87. The van der Waals surface area contributed by atoms with Crippen molar-refractivity contribution in [2.45, 2.75) is 6.04 Å². The van der Waals surface area contributed by atoms with Crippen LogP contribution >= 0.6 is 11.3 Å². The fourth-order valence-corrected chi connectivity index (χ4v) is 5.37. The van der Waals surface area contributed by atoms with Gasteiger partial charge in [0.1, 0.15) is 5.82 Å². The molecule has 176 valence electrons. The molecule has 5 rings (SSSR count). The van der Waals surface area contributed by atoms with Crippen molar-refractivity contribution < 1.29 is 9.18 Å². The van der Waals surface area contributed by atoms with Gasteiger partial charge in [-0.2, -0.15) is 0 Å². The molecule has 0 atom stereocenters. The van der Waals surface area contributed by atoms with Gasteiger partial charge in [-0.05, 0) is 46.3 Å². The molecular weight excluding hydrogens is 455 g/mol. The number of piperazine rings is 1. The largest absolute Gasteiger partial charge is 0.336 e. The highest BCUT2D eigenvalue weighted by Crippen LogP contribution is 2.31. The van der Waals surface area contributed by atoms with E-state index < -0.39 is 0 Å². The van der Waals surface area contributed by atoms with E-state index in [1.54, 1.807) is 23.5 Å². The lowest BCUT2D eigenvalue weighted by atomic mass is 9.96. The van der Waals surface area contributed by atoms with Gasteiger partial charge in [0.05, 0.1) is 11.6 Å². The minimum Gasteiger partial charge on any atom is -0.336 e. The molecule has 0 saturated carbocycles. The number of thiophene rings is 1. The topological polar surface area (TPSA) is 23.6 Å². The number of benzene rings is 3. The van der Waals surface area contributed by atoms with Gasteiger partial charge in [-0.1, -0.05) is 78.9 Å². The van der Waals surface area contributed by atoms with Crippen molar-refractivity contribution in [1.29, 1.82) is 0 Å². The molecule has 0 radical (unpaired) electrons. The second-order valence-corrected chi connectivity index (χ2v) is 9.59. The Balaban J connectivity index is 1.36. The van der Waals surface area contributed by atoms with Gasteiger partial charge in [0.15, 0.2) is 0 Å². The molecule has 0 spiro atoms. The van der Waals surface area contributed by atoms with Crippen molar-refractivity contribution in [3.63, 3.8) is 0 Å². The molecule has 1 aromatic heterocycles. The highest BCUT2D eigenvalue weighted by Gasteiger charge is 2.29. The second kappa shape index (κ2) is 10.8. The Labute approximate surface area is 209 Å². The first-order chi connectivity index (χ1) is 17.2. The summed E-state index contributed by atoms with van der Waals surface area (Å²) < 4.78 is 13.4. The smallest absolute Gasteiger partial charge is 0.255 e. The molecule has 35 heavy (non-hydrogen) atoms. The van der Waals surface area contributed by atoms with Crippen LogP contribution in [-0.2, 0) is 4.79 Å². The van der Waals surface area contributed by atoms with Crippen molar-refractivity contribution in [3.05, 3.63) is 130 Å². The van der Waals surface area contributed by atoms with Gasteiger partial charge < -0.3 is 4.90 Å².